The molecule has 1 fully saturated rings. The van der Waals surface area contributed by atoms with Crippen molar-refractivity contribution in [1.82, 2.24) is 0 Å². The molecular formula is C26H26N2O5. The van der Waals surface area contributed by atoms with E-state index in [0.29, 0.717) is 17.2 Å². The van der Waals surface area contributed by atoms with Gasteiger partial charge in [-0.2, -0.15) is 0 Å². The lowest BCUT2D eigenvalue weighted by Crippen LogP contribution is -2.10. The lowest BCUT2D eigenvalue weighted by Gasteiger charge is -2.26. The molecule has 7 nitrogen and oxygen atoms in total. The van der Waals surface area contributed by atoms with Gasteiger partial charge < -0.3 is 4.74 Å². The molecule has 4 rings (SSSR count). The van der Waals surface area contributed by atoms with Crippen LogP contribution in [0.15, 0.2) is 66.7 Å². The van der Waals surface area contributed by atoms with Crippen LogP contribution in [0.25, 0.3) is 11.1 Å². The van der Waals surface area contributed by atoms with E-state index in [4.69, 9.17) is 4.74 Å². The van der Waals surface area contributed by atoms with E-state index < -0.39 is 9.85 Å². The standard InChI is InChI=1S/C26H26N2O5/c1-18-2-4-20(5-3-18)21-6-8-22(9-7-21)23-10-12-26(13-11-23)33-17-19-14-24(27(29)30)16-25(15-19)28(31)32/h6-16,18,20H,2-5,17H2,1H3. The van der Waals surface area contributed by atoms with Crippen molar-refractivity contribution in [2.75, 3.05) is 0 Å². The summed E-state index contributed by atoms with van der Waals surface area (Å²) in [5, 5.41) is 22.1. The van der Waals surface area contributed by atoms with Crippen LogP contribution in [0.1, 0.15) is 49.7 Å². The fourth-order valence-electron chi connectivity index (χ4n) is 4.40. The minimum Gasteiger partial charge on any atom is -0.489 e. The number of nitrogens with zero attached hydrogens (tertiary/aromatic N) is 2. The number of non-ortho nitro benzene ring substituents is 2. The number of benzene rings is 3. The van der Waals surface area contributed by atoms with Gasteiger partial charge in [0.1, 0.15) is 12.4 Å². The maximum absolute atomic E-state index is 11.0. The Bertz CT molecular complexity index is 1100. The zero-order chi connectivity index (χ0) is 23.4. The van der Waals surface area contributed by atoms with Crippen LogP contribution in [0, 0.1) is 26.1 Å². The quantitative estimate of drug-likeness (QED) is 0.286. The maximum Gasteiger partial charge on any atom is 0.276 e. The van der Waals surface area contributed by atoms with Gasteiger partial charge in [0.05, 0.1) is 15.9 Å². The van der Waals surface area contributed by atoms with Crippen LogP contribution in [0.2, 0.25) is 0 Å². The molecule has 0 amide bonds. The minimum absolute atomic E-state index is 0.00340. The number of hydrogen-bond donors (Lipinski definition) is 0. The first-order valence-electron chi connectivity index (χ1n) is 11.1. The molecular weight excluding hydrogens is 420 g/mol. The Morgan fingerprint density at radius 1 is 0.788 bits per heavy atom. The Balaban J connectivity index is 1.41. The SMILES string of the molecule is CC1CCC(c2ccc(-c3ccc(OCc4cc([N+](=O)[O-])cc([N+](=O)[O-])c4)cc3)cc2)CC1. The van der Waals surface area contributed by atoms with Gasteiger partial charge in [-0.25, -0.2) is 0 Å². The summed E-state index contributed by atoms with van der Waals surface area (Å²) in [5.41, 5.74) is 3.32. The van der Waals surface area contributed by atoms with Gasteiger partial charge in [0.2, 0.25) is 0 Å². The predicted octanol–water partition coefficient (Wildman–Crippen LogP) is 7.04. The van der Waals surface area contributed by atoms with Crippen molar-refractivity contribution in [3.05, 3.63) is 98.1 Å². The molecule has 0 aliphatic heterocycles. The molecule has 0 saturated heterocycles. The van der Waals surface area contributed by atoms with E-state index in [2.05, 4.69) is 31.2 Å². The molecule has 1 aliphatic rings. The Morgan fingerprint density at radius 3 is 1.82 bits per heavy atom. The Labute approximate surface area is 192 Å². The van der Waals surface area contributed by atoms with Gasteiger partial charge in [0.15, 0.2) is 0 Å². The number of hydrogen-bond acceptors (Lipinski definition) is 5. The second-order valence-electron chi connectivity index (χ2n) is 8.76. The van der Waals surface area contributed by atoms with E-state index in [0.717, 1.165) is 23.1 Å². The molecule has 33 heavy (non-hydrogen) atoms. The number of nitro benzene ring substituents is 2. The smallest absolute Gasteiger partial charge is 0.276 e. The van der Waals surface area contributed by atoms with Gasteiger partial charge in [0, 0.05) is 17.7 Å². The van der Waals surface area contributed by atoms with Gasteiger partial charge >= 0.3 is 0 Å². The summed E-state index contributed by atoms with van der Waals surface area (Å²) < 4.78 is 5.71. The van der Waals surface area contributed by atoms with Crippen LogP contribution >= 0.6 is 0 Å². The highest BCUT2D eigenvalue weighted by molar-refractivity contribution is 5.64. The van der Waals surface area contributed by atoms with Crippen molar-refractivity contribution in [3.63, 3.8) is 0 Å². The van der Waals surface area contributed by atoms with Crippen molar-refractivity contribution in [1.29, 1.82) is 0 Å². The highest BCUT2D eigenvalue weighted by Gasteiger charge is 2.19. The highest BCUT2D eigenvalue weighted by Crippen LogP contribution is 2.36. The zero-order valence-electron chi connectivity index (χ0n) is 18.5. The van der Waals surface area contributed by atoms with E-state index in [1.54, 1.807) is 0 Å². The second kappa shape index (κ2) is 9.81. The van der Waals surface area contributed by atoms with E-state index >= 15 is 0 Å². The Morgan fingerprint density at radius 2 is 1.30 bits per heavy atom. The number of ether oxygens (including phenoxy) is 1. The predicted molar refractivity (Wildman–Crippen MR) is 126 cm³/mol. The fourth-order valence-corrected chi connectivity index (χ4v) is 4.40. The summed E-state index contributed by atoms with van der Waals surface area (Å²) in [7, 11) is 0. The summed E-state index contributed by atoms with van der Waals surface area (Å²) in [6.45, 7) is 2.33. The zero-order valence-corrected chi connectivity index (χ0v) is 18.5. The van der Waals surface area contributed by atoms with Gasteiger partial charge in [-0.15, -0.1) is 0 Å². The molecule has 0 heterocycles. The summed E-state index contributed by atoms with van der Waals surface area (Å²) >= 11 is 0. The first kappa shape index (κ1) is 22.5. The molecule has 7 heteroatoms. The average molecular weight is 447 g/mol. The molecule has 0 radical (unpaired) electrons. The van der Waals surface area contributed by atoms with Crippen molar-refractivity contribution in [2.45, 2.75) is 45.1 Å². The van der Waals surface area contributed by atoms with Crippen LogP contribution in [0.5, 0.6) is 5.75 Å². The lowest BCUT2D eigenvalue weighted by molar-refractivity contribution is -0.394. The van der Waals surface area contributed by atoms with Gasteiger partial charge in [-0.3, -0.25) is 20.2 Å². The topological polar surface area (TPSA) is 95.5 Å². The van der Waals surface area contributed by atoms with Crippen molar-refractivity contribution in [2.24, 2.45) is 5.92 Å². The monoisotopic (exact) mass is 446 g/mol. The molecule has 0 atom stereocenters. The number of rotatable bonds is 7. The largest absolute Gasteiger partial charge is 0.489 e. The Kier molecular flexibility index (Phi) is 6.68. The summed E-state index contributed by atoms with van der Waals surface area (Å²) in [4.78, 5) is 20.8. The van der Waals surface area contributed by atoms with Gasteiger partial charge in [-0.1, -0.05) is 56.2 Å². The van der Waals surface area contributed by atoms with Crippen LogP contribution < -0.4 is 4.74 Å². The maximum atomic E-state index is 11.0. The normalized spacial score (nSPS) is 18.0. The van der Waals surface area contributed by atoms with Crippen LogP contribution in [0.3, 0.4) is 0 Å². The highest BCUT2D eigenvalue weighted by atomic mass is 16.6. The number of nitro groups is 2. The van der Waals surface area contributed by atoms with Crippen LogP contribution in [-0.2, 0) is 6.61 Å². The molecule has 0 unspecified atom stereocenters. The van der Waals surface area contributed by atoms with E-state index in [1.165, 1.54) is 43.4 Å². The molecule has 3 aromatic rings. The first-order chi connectivity index (χ1) is 15.9. The molecule has 0 N–H and O–H groups in total. The lowest BCUT2D eigenvalue weighted by atomic mass is 9.79. The third-order valence-corrected chi connectivity index (χ3v) is 6.38. The third kappa shape index (κ3) is 5.55. The summed E-state index contributed by atoms with van der Waals surface area (Å²) in [6, 6.07) is 19.9. The minimum atomic E-state index is -0.647. The van der Waals surface area contributed by atoms with E-state index in [1.807, 2.05) is 24.3 Å². The molecule has 170 valence electrons. The third-order valence-electron chi connectivity index (χ3n) is 6.38. The van der Waals surface area contributed by atoms with E-state index in [-0.39, 0.29) is 18.0 Å². The molecule has 0 bridgehead atoms. The average Bonchev–Trinajstić information content (AvgIpc) is 2.83. The summed E-state index contributed by atoms with van der Waals surface area (Å²) in [5.74, 6) is 2.09. The second-order valence-corrected chi connectivity index (χ2v) is 8.76. The van der Waals surface area contributed by atoms with Crippen molar-refractivity contribution >= 4 is 11.4 Å². The van der Waals surface area contributed by atoms with Crippen LogP contribution in [-0.4, -0.2) is 9.85 Å². The molecule has 1 aliphatic carbocycles. The first-order valence-corrected chi connectivity index (χ1v) is 11.1. The van der Waals surface area contributed by atoms with Crippen molar-refractivity contribution < 1.29 is 14.6 Å². The molecule has 0 aromatic heterocycles. The molecule has 1 saturated carbocycles. The fraction of sp³-hybridized carbons (Fsp3) is 0.308. The van der Waals surface area contributed by atoms with Gasteiger partial charge in [-0.05, 0) is 53.5 Å². The molecule has 0 spiro atoms. The summed E-state index contributed by atoms with van der Waals surface area (Å²) in [6.07, 6.45) is 5.13. The van der Waals surface area contributed by atoms with Crippen molar-refractivity contribution in [3.8, 4) is 16.9 Å². The Hall–Kier alpha value is -3.74. The van der Waals surface area contributed by atoms with Crippen LogP contribution in [0.4, 0.5) is 11.4 Å². The molecule has 3 aromatic carbocycles. The van der Waals surface area contributed by atoms with E-state index in [9.17, 15) is 20.2 Å². The van der Waals surface area contributed by atoms with Gasteiger partial charge in [0.25, 0.3) is 11.4 Å².